The Labute approximate surface area is 185 Å². The second-order valence-corrected chi connectivity index (χ2v) is 8.96. The molecule has 5 heterocycles. The predicted molar refractivity (Wildman–Crippen MR) is 123 cm³/mol. The maximum absolute atomic E-state index is 12.4. The first-order valence-corrected chi connectivity index (χ1v) is 11.2. The number of fused-ring (bicyclic) bond motifs is 3. The number of anilines is 1. The highest BCUT2D eigenvalue weighted by molar-refractivity contribution is 6.00. The Morgan fingerprint density at radius 1 is 1.03 bits per heavy atom. The highest BCUT2D eigenvalue weighted by atomic mass is 16.2. The van der Waals surface area contributed by atoms with E-state index >= 15 is 0 Å². The summed E-state index contributed by atoms with van der Waals surface area (Å²) in [7, 11) is 0. The van der Waals surface area contributed by atoms with Gasteiger partial charge in [0.2, 0.25) is 5.91 Å². The van der Waals surface area contributed by atoms with E-state index in [1.807, 2.05) is 42.5 Å². The average molecular weight is 428 g/mol. The molecule has 0 atom stereocenters. The Balaban J connectivity index is 1.38. The van der Waals surface area contributed by atoms with Crippen molar-refractivity contribution in [2.75, 3.05) is 18.8 Å². The minimum Gasteiger partial charge on any atom is -0.383 e. The lowest BCUT2D eigenvalue weighted by Crippen LogP contribution is -2.39. The van der Waals surface area contributed by atoms with Crippen molar-refractivity contribution in [1.29, 1.82) is 0 Å². The van der Waals surface area contributed by atoms with Gasteiger partial charge in [0.25, 0.3) is 0 Å². The Hall–Kier alpha value is -3.55. The van der Waals surface area contributed by atoms with Gasteiger partial charge in [-0.05, 0) is 56.4 Å². The van der Waals surface area contributed by atoms with E-state index in [1.54, 1.807) is 6.20 Å². The molecule has 32 heavy (non-hydrogen) atoms. The molecule has 1 saturated heterocycles. The molecule has 1 aliphatic heterocycles. The molecule has 0 spiro atoms. The van der Waals surface area contributed by atoms with Crippen LogP contribution >= 0.6 is 0 Å². The summed E-state index contributed by atoms with van der Waals surface area (Å²) in [6.45, 7) is 3.55. The third kappa shape index (κ3) is 3.18. The first kappa shape index (κ1) is 19.2. The minimum atomic E-state index is 0.282. The molecule has 0 radical (unpaired) electrons. The first-order valence-electron chi connectivity index (χ1n) is 11.2. The van der Waals surface area contributed by atoms with Gasteiger partial charge in [0, 0.05) is 36.8 Å². The van der Waals surface area contributed by atoms with Crippen LogP contribution in [0.3, 0.4) is 0 Å². The zero-order chi connectivity index (χ0) is 21.8. The molecule has 6 rings (SSSR count). The Morgan fingerprint density at radius 2 is 1.84 bits per heavy atom. The predicted octanol–water partition coefficient (Wildman–Crippen LogP) is 3.51. The van der Waals surface area contributed by atoms with Gasteiger partial charge in [0.15, 0.2) is 0 Å². The smallest absolute Gasteiger partial charge is 0.225 e. The molecule has 1 saturated carbocycles. The summed E-state index contributed by atoms with van der Waals surface area (Å²) >= 11 is 0. The number of hydrogen-bond acceptors (Lipinski definition) is 6. The molecular formula is C24H25N7O. The number of nitrogens with two attached hydrogens (primary N) is 1. The summed E-state index contributed by atoms with van der Waals surface area (Å²) in [4.78, 5) is 32.9. The van der Waals surface area contributed by atoms with Crippen LogP contribution < -0.4 is 5.73 Å². The number of hydrogen-bond donors (Lipinski definition) is 1. The van der Waals surface area contributed by atoms with Gasteiger partial charge in [0.1, 0.15) is 16.9 Å². The van der Waals surface area contributed by atoms with Crippen molar-refractivity contribution in [2.24, 2.45) is 5.92 Å². The largest absolute Gasteiger partial charge is 0.383 e. The molecule has 2 N–H and O–H groups in total. The lowest BCUT2D eigenvalue weighted by Gasteiger charge is -2.33. The highest BCUT2D eigenvalue weighted by Crippen LogP contribution is 2.35. The third-order valence-electron chi connectivity index (χ3n) is 6.76. The van der Waals surface area contributed by atoms with Crippen molar-refractivity contribution in [3.63, 3.8) is 0 Å². The van der Waals surface area contributed by atoms with Crippen molar-refractivity contribution >= 4 is 33.8 Å². The van der Waals surface area contributed by atoms with Gasteiger partial charge in [-0.3, -0.25) is 9.78 Å². The van der Waals surface area contributed by atoms with Crippen LogP contribution in [-0.2, 0) is 4.79 Å². The maximum Gasteiger partial charge on any atom is 0.225 e. The number of nitrogen functional groups attached to an aromatic ring is 1. The van der Waals surface area contributed by atoms with Gasteiger partial charge in [-0.15, -0.1) is 0 Å². The second kappa shape index (κ2) is 7.25. The van der Waals surface area contributed by atoms with Gasteiger partial charge >= 0.3 is 0 Å². The second-order valence-electron chi connectivity index (χ2n) is 8.96. The van der Waals surface area contributed by atoms with Gasteiger partial charge in [-0.1, -0.05) is 0 Å². The molecule has 0 unspecified atom stereocenters. The molecule has 8 heteroatoms. The molecule has 2 fully saturated rings. The molecule has 4 aromatic heterocycles. The van der Waals surface area contributed by atoms with E-state index in [-0.39, 0.29) is 5.92 Å². The fourth-order valence-electron chi connectivity index (χ4n) is 4.69. The summed E-state index contributed by atoms with van der Waals surface area (Å²) in [5.41, 5.74) is 12.1. The number of carbonyl (C=O) groups is 1. The zero-order valence-electron chi connectivity index (χ0n) is 18.0. The monoisotopic (exact) mass is 427 g/mol. The fraction of sp³-hybridized carbons (Fsp3) is 0.375. The maximum atomic E-state index is 12.4. The van der Waals surface area contributed by atoms with E-state index in [0.29, 0.717) is 17.8 Å². The van der Waals surface area contributed by atoms with Crippen LogP contribution in [0.15, 0.2) is 36.9 Å². The van der Waals surface area contributed by atoms with E-state index < -0.39 is 0 Å². The van der Waals surface area contributed by atoms with E-state index in [1.165, 1.54) is 0 Å². The summed E-state index contributed by atoms with van der Waals surface area (Å²) in [5.74, 6) is 1.15. The van der Waals surface area contributed by atoms with Crippen LogP contribution in [0.5, 0.6) is 0 Å². The molecule has 8 nitrogen and oxygen atoms in total. The van der Waals surface area contributed by atoms with Crippen LogP contribution in [0.2, 0.25) is 0 Å². The van der Waals surface area contributed by atoms with Crippen LogP contribution in [-0.4, -0.2) is 48.4 Å². The third-order valence-corrected chi connectivity index (χ3v) is 6.76. The quantitative estimate of drug-likeness (QED) is 0.537. The van der Waals surface area contributed by atoms with Crippen molar-refractivity contribution in [3.05, 3.63) is 42.5 Å². The number of amides is 1. The van der Waals surface area contributed by atoms with Crippen LogP contribution in [0, 0.1) is 12.8 Å². The lowest BCUT2D eigenvalue weighted by molar-refractivity contribution is -0.133. The lowest BCUT2D eigenvalue weighted by atomic mass is 10.0. The summed E-state index contributed by atoms with van der Waals surface area (Å²) < 4.78 is 2.24. The van der Waals surface area contributed by atoms with E-state index in [2.05, 4.69) is 19.5 Å². The molecule has 1 amide bonds. The van der Waals surface area contributed by atoms with Gasteiger partial charge < -0.3 is 15.2 Å². The zero-order valence-corrected chi connectivity index (χ0v) is 18.0. The SMILES string of the molecule is Cc1cc(-c2ccc3ncc4ncn(C5CCN(C(=O)C6CC6)CC5)c4c3n2)cnc1N. The normalized spacial score (nSPS) is 17.3. The van der Waals surface area contributed by atoms with Crippen molar-refractivity contribution in [2.45, 2.75) is 38.6 Å². The van der Waals surface area contributed by atoms with Crippen LogP contribution in [0.1, 0.15) is 37.3 Å². The number of nitrogens with zero attached hydrogens (tertiary/aromatic N) is 6. The summed E-state index contributed by atoms with van der Waals surface area (Å²) in [6.07, 6.45) is 9.44. The van der Waals surface area contributed by atoms with E-state index in [0.717, 1.165) is 77.7 Å². The molecule has 162 valence electrons. The molecule has 2 aliphatic rings. The van der Waals surface area contributed by atoms with E-state index in [9.17, 15) is 4.79 Å². The fourth-order valence-corrected chi connectivity index (χ4v) is 4.69. The van der Waals surface area contributed by atoms with Crippen molar-refractivity contribution in [1.82, 2.24) is 29.4 Å². The first-order chi connectivity index (χ1) is 15.6. The number of piperidine rings is 1. The van der Waals surface area contributed by atoms with Gasteiger partial charge in [0.05, 0.1) is 29.3 Å². The molecule has 0 bridgehead atoms. The number of aryl methyl sites for hydroxylation is 1. The number of pyridine rings is 3. The average Bonchev–Trinajstić information content (AvgIpc) is 3.58. The standard InChI is InChI=1S/C24H25N7O/c1-14-10-16(11-27-23(14)25)18-4-5-19-21(29-18)22-20(12-26-19)28-13-31(22)17-6-8-30(9-7-17)24(32)15-2-3-15/h4-5,10-13,15,17H,2-3,6-9H2,1H3,(H2,25,27). The molecule has 4 aromatic rings. The van der Waals surface area contributed by atoms with Gasteiger partial charge in [-0.2, -0.15) is 0 Å². The molecule has 1 aliphatic carbocycles. The molecule has 0 aromatic carbocycles. The Bertz CT molecular complexity index is 1350. The Morgan fingerprint density at radius 3 is 2.59 bits per heavy atom. The number of imidazole rings is 1. The minimum absolute atomic E-state index is 0.282. The number of likely N-dealkylation sites (tertiary alicyclic amines) is 1. The van der Waals surface area contributed by atoms with Crippen molar-refractivity contribution in [3.8, 4) is 11.3 Å². The van der Waals surface area contributed by atoms with Gasteiger partial charge in [-0.25, -0.2) is 15.0 Å². The van der Waals surface area contributed by atoms with Crippen LogP contribution in [0.25, 0.3) is 33.3 Å². The number of rotatable bonds is 3. The summed E-state index contributed by atoms with van der Waals surface area (Å²) in [5, 5.41) is 0. The number of carbonyl (C=O) groups excluding carboxylic acids is 1. The van der Waals surface area contributed by atoms with Crippen LogP contribution in [0.4, 0.5) is 5.82 Å². The topological polar surface area (TPSA) is 103 Å². The Kier molecular flexibility index (Phi) is 4.34. The van der Waals surface area contributed by atoms with Crippen molar-refractivity contribution < 1.29 is 4.79 Å². The number of aromatic nitrogens is 5. The molecular weight excluding hydrogens is 402 g/mol. The van der Waals surface area contributed by atoms with E-state index in [4.69, 9.17) is 10.7 Å². The highest BCUT2D eigenvalue weighted by Gasteiger charge is 2.35. The summed E-state index contributed by atoms with van der Waals surface area (Å²) in [6, 6.07) is 6.27.